The van der Waals surface area contributed by atoms with Gasteiger partial charge in [0.25, 0.3) is 0 Å². The fourth-order valence-corrected chi connectivity index (χ4v) is 3.38. The summed E-state index contributed by atoms with van der Waals surface area (Å²) in [5.41, 5.74) is 4.14. The molecule has 0 saturated heterocycles. The van der Waals surface area contributed by atoms with Gasteiger partial charge >= 0.3 is 0 Å². The van der Waals surface area contributed by atoms with Crippen molar-refractivity contribution in [2.24, 2.45) is 0 Å². The number of aryl methyl sites for hydroxylation is 1. The van der Waals surface area contributed by atoms with Crippen LogP contribution in [-0.2, 0) is 17.7 Å². The molecular weight excluding hydrogens is 344 g/mol. The van der Waals surface area contributed by atoms with Crippen molar-refractivity contribution in [1.29, 1.82) is 0 Å². The first kappa shape index (κ1) is 18.6. The molecule has 5 nitrogen and oxygen atoms in total. The van der Waals surface area contributed by atoms with Crippen LogP contribution in [0.25, 0.3) is 22.5 Å². The molecule has 0 amide bonds. The van der Waals surface area contributed by atoms with Gasteiger partial charge in [-0.1, -0.05) is 37.3 Å². The van der Waals surface area contributed by atoms with Gasteiger partial charge in [-0.3, -0.25) is 0 Å². The Bertz CT molecular complexity index is 802. The smallest absolute Gasteiger partial charge is 0.130 e. The molecule has 0 radical (unpaired) electrons. The topological polar surface area (TPSA) is 52.8 Å². The van der Waals surface area contributed by atoms with Gasteiger partial charge in [-0.15, -0.1) is 0 Å². The molecule has 6 heteroatoms. The quantitative estimate of drug-likeness (QED) is 0.535. The number of methoxy groups -OCH3 is 1. The van der Waals surface area contributed by atoms with Crippen LogP contribution in [0.1, 0.15) is 12.7 Å². The number of benzene rings is 1. The Morgan fingerprint density at radius 1 is 1.04 bits per heavy atom. The molecule has 0 aliphatic rings. The number of ether oxygens (including phenoxy) is 1. The van der Waals surface area contributed by atoms with Crippen molar-refractivity contribution in [3.05, 3.63) is 54.9 Å². The second kappa shape index (κ2) is 9.50. The molecule has 1 aromatic carbocycles. The predicted octanol–water partition coefficient (Wildman–Crippen LogP) is 3.95. The van der Waals surface area contributed by atoms with Gasteiger partial charge < -0.3 is 9.30 Å². The molecule has 0 fully saturated rings. The van der Waals surface area contributed by atoms with Gasteiger partial charge in [-0.25, -0.2) is 15.0 Å². The summed E-state index contributed by atoms with van der Waals surface area (Å²) in [6, 6.07) is 10.3. The van der Waals surface area contributed by atoms with Crippen LogP contribution in [0.15, 0.2) is 49.1 Å². The van der Waals surface area contributed by atoms with Crippen molar-refractivity contribution in [3.63, 3.8) is 0 Å². The van der Waals surface area contributed by atoms with Gasteiger partial charge in [0.2, 0.25) is 0 Å². The molecule has 136 valence electrons. The van der Waals surface area contributed by atoms with Crippen LogP contribution in [0.4, 0.5) is 0 Å². The normalized spacial score (nSPS) is 11.0. The summed E-state index contributed by atoms with van der Waals surface area (Å²) in [5.74, 6) is 2.97. The number of aromatic nitrogens is 4. The highest BCUT2D eigenvalue weighted by Gasteiger charge is 2.15. The average Bonchev–Trinajstić information content (AvgIpc) is 3.11. The molecule has 3 aromatic rings. The first-order valence-electron chi connectivity index (χ1n) is 8.82. The molecule has 2 aromatic heterocycles. The van der Waals surface area contributed by atoms with E-state index in [1.165, 1.54) is 0 Å². The summed E-state index contributed by atoms with van der Waals surface area (Å²) >= 11 is 1.93. The Balaban J connectivity index is 1.95. The van der Waals surface area contributed by atoms with Gasteiger partial charge in [-0.2, -0.15) is 11.8 Å². The zero-order chi connectivity index (χ0) is 18.2. The van der Waals surface area contributed by atoms with Gasteiger partial charge in [-0.05, 0) is 5.75 Å². The molecular formula is C20H24N4OS. The monoisotopic (exact) mass is 368 g/mol. The minimum atomic E-state index is 0.626. The van der Waals surface area contributed by atoms with E-state index in [0.29, 0.717) is 13.0 Å². The number of hydrogen-bond donors (Lipinski definition) is 0. The molecule has 0 spiro atoms. The Morgan fingerprint density at radius 3 is 2.50 bits per heavy atom. The van der Waals surface area contributed by atoms with Gasteiger partial charge in [0.15, 0.2) is 0 Å². The highest BCUT2D eigenvalue weighted by molar-refractivity contribution is 7.99. The molecule has 0 aliphatic carbocycles. The van der Waals surface area contributed by atoms with Crippen LogP contribution in [0.5, 0.6) is 0 Å². The molecule has 2 heterocycles. The van der Waals surface area contributed by atoms with Crippen molar-refractivity contribution in [3.8, 4) is 22.5 Å². The van der Waals surface area contributed by atoms with Crippen LogP contribution in [0, 0.1) is 0 Å². The summed E-state index contributed by atoms with van der Waals surface area (Å²) in [7, 11) is 1.69. The third-order valence-electron chi connectivity index (χ3n) is 4.07. The summed E-state index contributed by atoms with van der Waals surface area (Å²) in [6.45, 7) is 3.72. The van der Waals surface area contributed by atoms with Crippen molar-refractivity contribution in [2.45, 2.75) is 19.9 Å². The van der Waals surface area contributed by atoms with Crippen LogP contribution < -0.4 is 0 Å². The lowest BCUT2D eigenvalue weighted by Crippen LogP contribution is -2.04. The molecule has 0 unspecified atom stereocenters. The second-order valence-electron chi connectivity index (χ2n) is 5.83. The summed E-state index contributed by atoms with van der Waals surface area (Å²) < 4.78 is 7.31. The highest BCUT2D eigenvalue weighted by atomic mass is 32.2. The van der Waals surface area contributed by atoms with E-state index >= 15 is 0 Å². The summed E-state index contributed by atoms with van der Waals surface area (Å²) in [5, 5.41) is 0. The number of hydrogen-bond acceptors (Lipinski definition) is 5. The van der Waals surface area contributed by atoms with Gasteiger partial charge in [0.05, 0.1) is 24.3 Å². The fourth-order valence-electron chi connectivity index (χ4n) is 2.77. The molecule has 26 heavy (non-hydrogen) atoms. The largest absolute Gasteiger partial charge is 0.384 e. The van der Waals surface area contributed by atoms with Crippen LogP contribution in [-0.4, -0.2) is 44.7 Å². The Morgan fingerprint density at radius 2 is 1.81 bits per heavy atom. The first-order valence-corrected chi connectivity index (χ1v) is 9.97. The number of nitrogens with zero attached hydrogens (tertiary/aromatic N) is 4. The lowest BCUT2D eigenvalue weighted by molar-refractivity contribution is 0.200. The van der Waals surface area contributed by atoms with E-state index < -0.39 is 0 Å². The minimum Gasteiger partial charge on any atom is -0.384 e. The third-order valence-corrected chi connectivity index (χ3v) is 4.95. The summed E-state index contributed by atoms with van der Waals surface area (Å²) in [6.07, 6.45) is 6.43. The van der Waals surface area contributed by atoms with E-state index in [1.54, 1.807) is 7.11 Å². The van der Waals surface area contributed by atoms with Crippen molar-refractivity contribution in [1.82, 2.24) is 19.5 Å². The lowest BCUT2D eigenvalue weighted by atomic mass is 10.1. The van der Waals surface area contributed by atoms with E-state index in [4.69, 9.17) is 9.72 Å². The zero-order valence-electron chi connectivity index (χ0n) is 15.3. The van der Waals surface area contributed by atoms with E-state index in [9.17, 15) is 0 Å². The van der Waals surface area contributed by atoms with E-state index in [0.717, 1.165) is 46.4 Å². The number of thioether (sulfide) groups is 1. The van der Waals surface area contributed by atoms with Crippen molar-refractivity contribution >= 4 is 11.8 Å². The predicted molar refractivity (Wildman–Crippen MR) is 107 cm³/mol. The maximum absolute atomic E-state index is 5.10. The Labute approximate surface area is 158 Å². The molecule has 0 N–H and O–H groups in total. The van der Waals surface area contributed by atoms with Crippen molar-refractivity contribution < 1.29 is 4.74 Å². The SMILES string of the molecule is CCSCCn1cnc(-c2ccccc2)c1-c1cnc(CCOC)nc1. The second-order valence-corrected chi connectivity index (χ2v) is 7.22. The average molecular weight is 369 g/mol. The highest BCUT2D eigenvalue weighted by Crippen LogP contribution is 2.30. The maximum Gasteiger partial charge on any atom is 0.130 e. The minimum absolute atomic E-state index is 0.626. The van der Waals surface area contributed by atoms with Crippen molar-refractivity contribution in [2.75, 3.05) is 25.2 Å². The Kier molecular flexibility index (Phi) is 6.80. The van der Waals surface area contributed by atoms with Gasteiger partial charge in [0.1, 0.15) is 5.82 Å². The maximum atomic E-state index is 5.10. The first-order chi connectivity index (χ1) is 12.8. The van der Waals surface area contributed by atoms with Crippen LogP contribution in [0.3, 0.4) is 0 Å². The number of imidazole rings is 1. The molecule has 0 aliphatic heterocycles. The number of rotatable bonds is 9. The van der Waals surface area contributed by atoms with E-state index in [-0.39, 0.29) is 0 Å². The van der Waals surface area contributed by atoms with E-state index in [2.05, 4.69) is 33.6 Å². The third kappa shape index (κ3) is 4.51. The van der Waals surface area contributed by atoms with E-state index in [1.807, 2.05) is 48.7 Å². The van der Waals surface area contributed by atoms with Crippen LogP contribution in [0.2, 0.25) is 0 Å². The standard InChI is InChI=1S/C20H24N4OS/c1-3-26-12-10-24-15-23-19(16-7-5-4-6-8-16)20(24)17-13-21-18(22-14-17)9-11-25-2/h4-8,13-15H,3,9-12H2,1-2H3. The molecule has 3 rings (SSSR count). The molecule has 0 bridgehead atoms. The lowest BCUT2D eigenvalue weighted by Gasteiger charge is -2.10. The fraction of sp³-hybridized carbons (Fsp3) is 0.350. The Hall–Kier alpha value is -2.18. The summed E-state index contributed by atoms with van der Waals surface area (Å²) in [4.78, 5) is 13.7. The van der Waals surface area contributed by atoms with Crippen LogP contribution >= 0.6 is 11.8 Å². The molecule has 0 saturated carbocycles. The molecule has 0 atom stereocenters. The zero-order valence-corrected chi connectivity index (χ0v) is 16.1. The van der Waals surface area contributed by atoms with Gasteiger partial charge in [0, 0.05) is 49.3 Å².